The number of nitrogens with one attached hydrogen (secondary N) is 1. The van der Waals surface area contributed by atoms with Gasteiger partial charge in [-0.3, -0.25) is 4.79 Å². The van der Waals surface area contributed by atoms with Gasteiger partial charge in [0, 0.05) is 26.3 Å². The zero-order valence-electron chi connectivity index (χ0n) is 18.5. The molecular formula is C27H24ClIN2O2. The van der Waals surface area contributed by atoms with E-state index in [1.165, 1.54) is 0 Å². The van der Waals surface area contributed by atoms with Crippen LogP contribution in [0.3, 0.4) is 0 Å². The van der Waals surface area contributed by atoms with E-state index in [0.717, 1.165) is 32.2 Å². The summed E-state index contributed by atoms with van der Waals surface area (Å²) in [6.07, 6.45) is 3.00. The van der Waals surface area contributed by atoms with E-state index in [1.54, 1.807) is 6.08 Å². The van der Waals surface area contributed by atoms with Crippen LogP contribution in [0.2, 0.25) is 5.02 Å². The second-order valence-electron chi connectivity index (χ2n) is 7.32. The van der Waals surface area contributed by atoms with Gasteiger partial charge in [0.25, 0.3) is 5.91 Å². The lowest BCUT2D eigenvalue weighted by Gasteiger charge is -2.15. The Balaban J connectivity index is 1.93. The predicted octanol–water partition coefficient (Wildman–Crippen LogP) is 7.04. The average molecular weight is 571 g/mol. The molecule has 0 aliphatic heterocycles. The third-order valence-corrected chi connectivity index (χ3v) is 6.46. The highest BCUT2D eigenvalue weighted by atomic mass is 127. The van der Waals surface area contributed by atoms with Gasteiger partial charge >= 0.3 is 0 Å². The predicted molar refractivity (Wildman–Crippen MR) is 143 cm³/mol. The minimum absolute atomic E-state index is 0.0259. The second kappa shape index (κ2) is 11.9. The van der Waals surface area contributed by atoms with Gasteiger partial charge in [-0.15, -0.1) is 0 Å². The van der Waals surface area contributed by atoms with Crippen molar-refractivity contribution < 1.29 is 9.53 Å². The number of nitriles is 1. The quantitative estimate of drug-likeness (QED) is 0.179. The lowest BCUT2D eigenvalue weighted by molar-refractivity contribution is -0.112. The van der Waals surface area contributed by atoms with Crippen molar-refractivity contribution in [2.24, 2.45) is 0 Å². The number of anilines is 1. The summed E-state index contributed by atoms with van der Waals surface area (Å²) in [7, 11) is 0. The number of rotatable bonds is 8. The van der Waals surface area contributed by atoms with Crippen LogP contribution < -0.4 is 10.1 Å². The highest BCUT2D eigenvalue weighted by Gasteiger charge is 2.15. The van der Waals surface area contributed by atoms with Crippen LogP contribution in [-0.2, 0) is 17.6 Å². The van der Waals surface area contributed by atoms with Gasteiger partial charge in [0.05, 0.1) is 6.61 Å². The summed E-state index contributed by atoms with van der Waals surface area (Å²) in [6, 6.07) is 21.1. The maximum atomic E-state index is 12.8. The molecule has 0 bridgehead atoms. The fourth-order valence-corrected chi connectivity index (χ4v) is 4.48. The van der Waals surface area contributed by atoms with Gasteiger partial charge in [0.15, 0.2) is 0 Å². The van der Waals surface area contributed by atoms with Crippen LogP contribution in [0.5, 0.6) is 5.75 Å². The number of aryl methyl sites for hydroxylation is 1. The molecular weight excluding hydrogens is 547 g/mol. The molecule has 6 heteroatoms. The van der Waals surface area contributed by atoms with Gasteiger partial charge in [-0.2, -0.15) is 5.26 Å². The normalized spacial score (nSPS) is 11.1. The molecule has 0 unspecified atom stereocenters. The lowest BCUT2D eigenvalue weighted by Crippen LogP contribution is -2.14. The number of para-hydroxylation sites is 1. The van der Waals surface area contributed by atoms with Crippen molar-refractivity contribution in [2.75, 3.05) is 11.9 Å². The van der Waals surface area contributed by atoms with Gasteiger partial charge in [-0.05, 0) is 83.0 Å². The molecule has 4 nitrogen and oxygen atoms in total. The number of carbonyl (C=O) groups excluding carboxylic acids is 1. The highest BCUT2D eigenvalue weighted by molar-refractivity contribution is 14.1. The van der Waals surface area contributed by atoms with Crippen LogP contribution in [0, 0.1) is 14.9 Å². The molecule has 0 spiro atoms. The fraction of sp³-hybridized carbons (Fsp3) is 0.185. The van der Waals surface area contributed by atoms with Crippen LogP contribution in [0.25, 0.3) is 6.08 Å². The van der Waals surface area contributed by atoms with E-state index in [4.69, 9.17) is 16.3 Å². The molecule has 0 saturated heterocycles. The Morgan fingerprint density at radius 2 is 1.82 bits per heavy atom. The lowest BCUT2D eigenvalue weighted by atomic mass is 10.0. The van der Waals surface area contributed by atoms with Gasteiger partial charge in [-0.1, -0.05) is 54.9 Å². The largest absolute Gasteiger partial charge is 0.494 e. The summed E-state index contributed by atoms with van der Waals surface area (Å²) in [5.74, 6) is 0.274. The first-order valence-corrected chi connectivity index (χ1v) is 12.1. The average Bonchev–Trinajstić information content (AvgIpc) is 2.81. The van der Waals surface area contributed by atoms with Crippen LogP contribution in [0.1, 0.15) is 36.1 Å². The Morgan fingerprint density at radius 1 is 1.12 bits per heavy atom. The molecule has 0 aromatic heterocycles. The molecule has 0 aliphatic carbocycles. The molecule has 0 aliphatic rings. The Labute approximate surface area is 213 Å². The van der Waals surface area contributed by atoms with E-state index < -0.39 is 5.91 Å². The van der Waals surface area contributed by atoms with Gasteiger partial charge in [-0.25, -0.2) is 0 Å². The first-order valence-electron chi connectivity index (χ1n) is 10.7. The van der Waals surface area contributed by atoms with Crippen LogP contribution >= 0.6 is 34.2 Å². The van der Waals surface area contributed by atoms with Gasteiger partial charge < -0.3 is 10.1 Å². The number of ether oxygens (including phenoxy) is 1. The van der Waals surface area contributed by atoms with E-state index in [2.05, 4.69) is 27.9 Å². The number of carbonyl (C=O) groups is 1. The van der Waals surface area contributed by atoms with E-state index in [-0.39, 0.29) is 5.57 Å². The summed E-state index contributed by atoms with van der Waals surface area (Å²) in [4.78, 5) is 12.8. The standard InChI is InChI=1S/C27H24ClIN2O2/c1-3-19-9-6-8-12-25(19)31-27(32)21(17-30)13-18-14-24(29)22(26(15-18)33-4-2)16-20-10-5-7-11-23(20)28/h5-15H,3-4,16H2,1-2H3,(H,31,32)/b21-13+. The van der Waals surface area contributed by atoms with Gasteiger partial charge in [0.2, 0.25) is 0 Å². The Kier molecular flexibility index (Phi) is 8.93. The molecule has 0 atom stereocenters. The maximum Gasteiger partial charge on any atom is 0.266 e. The summed E-state index contributed by atoms with van der Waals surface area (Å²) in [5.41, 5.74) is 4.50. The molecule has 1 N–H and O–H groups in total. The monoisotopic (exact) mass is 570 g/mol. The van der Waals surface area contributed by atoms with Crippen molar-refractivity contribution in [2.45, 2.75) is 26.7 Å². The van der Waals surface area contributed by atoms with Crippen LogP contribution in [-0.4, -0.2) is 12.5 Å². The van der Waals surface area contributed by atoms with Crippen molar-refractivity contribution in [3.63, 3.8) is 0 Å². The van der Waals surface area contributed by atoms with E-state index in [9.17, 15) is 10.1 Å². The molecule has 0 heterocycles. The van der Waals surface area contributed by atoms with Crippen molar-refractivity contribution >= 4 is 51.9 Å². The summed E-state index contributed by atoms with van der Waals surface area (Å²) < 4.78 is 6.88. The second-order valence-corrected chi connectivity index (χ2v) is 8.88. The number of amides is 1. The molecule has 168 valence electrons. The highest BCUT2D eigenvalue weighted by Crippen LogP contribution is 2.31. The third kappa shape index (κ3) is 6.37. The SMILES string of the molecule is CCOc1cc(/C=C(\C#N)C(=O)Nc2ccccc2CC)cc(I)c1Cc1ccccc1Cl. The molecule has 0 saturated carbocycles. The molecule has 3 rings (SSSR count). The number of nitrogens with zero attached hydrogens (tertiary/aromatic N) is 1. The van der Waals surface area contributed by atoms with Crippen molar-refractivity contribution in [3.8, 4) is 11.8 Å². The molecule has 1 amide bonds. The molecule has 0 radical (unpaired) electrons. The third-order valence-electron chi connectivity index (χ3n) is 5.12. The Hall–Kier alpha value is -2.82. The van der Waals surface area contributed by atoms with E-state index in [1.807, 2.05) is 80.6 Å². The zero-order chi connectivity index (χ0) is 23.8. The minimum atomic E-state index is -0.438. The van der Waals surface area contributed by atoms with Crippen molar-refractivity contribution in [3.05, 3.63) is 97.1 Å². The molecule has 0 fully saturated rings. The summed E-state index contributed by atoms with van der Waals surface area (Å²) in [6.45, 7) is 4.44. The van der Waals surface area contributed by atoms with E-state index >= 15 is 0 Å². The van der Waals surface area contributed by atoms with Crippen molar-refractivity contribution in [1.82, 2.24) is 0 Å². The summed E-state index contributed by atoms with van der Waals surface area (Å²) in [5, 5.41) is 13.2. The van der Waals surface area contributed by atoms with E-state index in [0.29, 0.717) is 29.5 Å². The van der Waals surface area contributed by atoms with Crippen LogP contribution in [0.4, 0.5) is 5.69 Å². The van der Waals surface area contributed by atoms with Gasteiger partial charge in [0.1, 0.15) is 17.4 Å². The first-order chi connectivity index (χ1) is 16.0. The number of benzene rings is 3. The topological polar surface area (TPSA) is 62.1 Å². The summed E-state index contributed by atoms with van der Waals surface area (Å²) >= 11 is 8.62. The molecule has 33 heavy (non-hydrogen) atoms. The maximum absolute atomic E-state index is 12.8. The smallest absolute Gasteiger partial charge is 0.266 e. The minimum Gasteiger partial charge on any atom is -0.494 e. The zero-order valence-corrected chi connectivity index (χ0v) is 21.4. The fourth-order valence-electron chi connectivity index (χ4n) is 3.46. The number of hydrogen-bond acceptors (Lipinski definition) is 3. The van der Waals surface area contributed by atoms with Crippen molar-refractivity contribution in [1.29, 1.82) is 5.26 Å². The number of halogens is 2. The Morgan fingerprint density at radius 3 is 2.48 bits per heavy atom. The number of hydrogen-bond donors (Lipinski definition) is 1. The van der Waals surface area contributed by atoms with Crippen LogP contribution in [0.15, 0.2) is 66.2 Å². The molecule has 3 aromatic carbocycles. The Bertz CT molecular complexity index is 1230. The molecule has 3 aromatic rings. The first kappa shape index (κ1) is 24.8.